The molecule has 0 aromatic heterocycles. The second kappa shape index (κ2) is 10.2. The van der Waals surface area contributed by atoms with E-state index in [1.807, 2.05) is 43.0 Å². The van der Waals surface area contributed by atoms with Gasteiger partial charge in [0.25, 0.3) is 5.91 Å². The molecule has 0 bridgehead atoms. The summed E-state index contributed by atoms with van der Waals surface area (Å²) in [4.78, 5) is 17.7. The molecule has 34 heavy (non-hydrogen) atoms. The Morgan fingerprint density at radius 1 is 0.971 bits per heavy atom. The number of hydrogen-bond acceptors (Lipinski definition) is 5. The summed E-state index contributed by atoms with van der Waals surface area (Å²) in [7, 11) is -3.64. The van der Waals surface area contributed by atoms with Crippen LogP contribution >= 0.6 is 0 Å². The second-order valence-corrected chi connectivity index (χ2v) is 11.1. The molecule has 0 saturated carbocycles. The van der Waals surface area contributed by atoms with Gasteiger partial charge in [-0.1, -0.05) is 12.5 Å². The Bertz CT molecular complexity index is 1190. The maximum atomic E-state index is 13.5. The highest BCUT2D eigenvalue weighted by Crippen LogP contribution is 2.27. The maximum absolute atomic E-state index is 13.5. The Balaban J connectivity index is 1.52. The van der Waals surface area contributed by atoms with Crippen LogP contribution in [0.25, 0.3) is 0 Å². The van der Waals surface area contributed by atoms with Gasteiger partial charge < -0.3 is 9.80 Å². The third-order valence-electron chi connectivity index (χ3n) is 6.93. The number of nitriles is 1. The molecular weight excluding hydrogens is 448 g/mol. The molecule has 0 spiro atoms. The van der Waals surface area contributed by atoms with Gasteiger partial charge in [-0.05, 0) is 75.1 Å². The van der Waals surface area contributed by atoms with Gasteiger partial charge in [0, 0.05) is 50.0 Å². The summed E-state index contributed by atoms with van der Waals surface area (Å²) in [5, 5.41) is 9.02. The highest BCUT2D eigenvalue weighted by molar-refractivity contribution is 7.89. The summed E-state index contributed by atoms with van der Waals surface area (Å²) in [6.45, 7) is 7.00. The van der Waals surface area contributed by atoms with Crippen LogP contribution in [0.5, 0.6) is 0 Å². The molecule has 2 saturated heterocycles. The van der Waals surface area contributed by atoms with Crippen LogP contribution in [-0.4, -0.2) is 62.3 Å². The van der Waals surface area contributed by atoms with Gasteiger partial charge in [-0.25, -0.2) is 8.42 Å². The molecule has 2 aliphatic heterocycles. The van der Waals surface area contributed by atoms with E-state index in [4.69, 9.17) is 5.26 Å². The Hall–Kier alpha value is -2.89. The van der Waals surface area contributed by atoms with Crippen molar-refractivity contribution < 1.29 is 13.2 Å². The molecule has 8 heteroatoms. The van der Waals surface area contributed by atoms with Crippen LogP contribution in [0.2, 0.25) is 0 Å². The molecule has 1 atom stereocenters. The van der Waals surface area contributed by atoms with Gasteiger partial charge in [-0.2, -0.15) is 9.57 Å². The van der Waals surface area contributed by atoms with E-state index < -0.39 is 10.0 Å². The number of carbonyl (C=O) groups is 1. The summed E-state index contributed by atoms with van der Waals surface area (Å²) in [5.41, 5.74) is 2.90. The maximum Gasteiger partial charge on any atom is 0.254 e. The topological polar surface area (TPSA) is 84.7 Å². The molecule has 2 fully saturated rings. The van der Waals surface area contributed by atoms with Crippen LogP contribution in [0.3, 0.4) is 0 Å². The normalized spacial score (nSPS) is 20.0. The van der Waals surface area contributed by atoms with Crippen molar-refractivity contribution in [3.63, 3.8) is 0 Å². The van der Waals surface area contributed by atoms with Gasteiger partial charge in [-0.15, -0.1) is 0 Å². The minimum absolute atomic E-state index is 0.0296. The molecule has 2 aromatic rings. The zero-order valence-electron chi connectivity index (χ0n) is 19.9. The number of amides is 1. The molecule has 2 aromatic carbocycles. The van der Waals surface area contributed by atoms with Crippen LogP contribution in [0.1, 0.15) is 54.1 Å². The van der Waals surface area contributed by atoms with E-state index in [2.05, 4.69) is 11.0 Å². The number of piperidine rings is 1. The minimum atomic E-state index is -3.64. The average Bonchev–Trinajstić information content (AvgIpc) is 3.10. The van der Waals surface area contributed by atoms with Crippen molar-refractivity contribution in [2.24, 2.45) is 0 Å². The van der Waals surface area contributed by atoms with Crippen molar-refractivity contribution in [1.82, 2.24) is 9.21 Å². The van der Waals surface area contributed by atoms with E-state index in [1.165, 1.54) is 0 Å². The first-order chi connectivity index (χ1) is 16.3. The molecule has 0 N–H and O–H groups in total. The molecule has 4 rings (SSSR count). The smallest absolute Gasteiger partial charge is 0.254 e. The lowest BCUT2D eigenvalue weighted by Crippen LogP contribution is -2.42. The first kappa shape index (κ1) is 24.2. The van der Waals surface area contributed by atoms with Gasteiger partial charge in [-0.3, -0.25) is 4.79 Å². The van der Waals surface area contributed by atoms with Crippen molar-refractivity contribution in [3.8, 4) is 6.07 Å². The lowest BCUT2D eigenvalue weighted by Gasteiger charge is -2.32. The van der Waals surface area contributed by atoms with Crippen molar-refractivity contribution in [3.05, 3.63) is 59.2 Å². The van der Waals surface area contributed by atoms with Crippen LogP contribution in [-0.2, 0) is 10.0 Å². The first-order valence-electron chi connectivity index (χ1n) is 12.0. The monoisotopic (exact) mass is 480 g/mol. The third-order valence-corrected chi connectivity index (χ3v) is 8.94. The molecule has 0 radical (unpaired) electrons. The van der Waals surface area contributed by atoms with E-state index in [0.717, 1.165) is 43.5 Å². The molecule has 2 heterocycles. The van der Waals surface area contributed by atoms with Gasteiger partial charge in [0.15, 0.2) is 0 Å². The molecular formula is C26H32N4O3S. The SMILES string of the molecule is Cc1ccc(S(=O)(=O)N2CCCCC2C)cc1C(=O)N1CCCN(c2ccc(C#N)cc2)CC1. The van der Waals surface area contributed by atoms with Crippen molar-refractivity contribution in [2.75, 3.05) is 37.6 Å². The fourth-order valence-corrected chi connectivity index (χ4v) is 6.58. The summed E-state index contributed by atoms with van der Waals surface area (Å²) < 4.78 is 28.2. The molecule has 1 unspecified atom stereocenters. The van der Waals surface area contributed by atoms with E-state index in [1.54, 1.807) is 22.5 Å². The summed E-state index contributed by atoms with van der Waals surface area (Å²) in [6, 6.07) is 14.5. The average molecular weight is 481 g/mol. The van der Waals surface area contributed by atoms with Crippen molar-refractivity contribution >= 4 is 21.6 Å². The van der Waals surface area contributed by atoms with E-state index in [0.29, 0.717) is 37.3 Å². The predicted octanol–water partition coefficient (Wildman–Crippen LogP) is 3.78. The summed E-state index contributed by atoms with van der Waals surface area (Å²) in [5.74, 6) is -0.122. The van der Waals surface area contributed by atoms with E-state index >= 15 is 0 Å². The molecule has 1 amide bonds. The summed E-state index contributed by atoms with van der Waals surface area (Å²) in [6.07, 6.45) is 3.58. The van der Waals surface area contributed by atoms with Crippen molar-refractivity contribution in [1.29, 1.82) is 5.26 Å². The number of nitrogens with zero attached hydrogens (tertiary/aromatic N) is 4. The standard InChI is InChI=1S/C26H32N4O3S/c1-20-7-12-24(34(32,33)30-15-4-3-6-21(30)2)18-25(20)26(31)29-14-5-13-28(16-17-29)23-10-8-22(19-27)9-11-23/h7-12,18,21H,3-6,13-17H2,1-2H3. The van der Waals surface area contributed by atoms with Gasteiger partial charge in [0.2, 0.25) is 10.0 Å². The van der Waals surface area contributed by atoms with E-state index in [-0.39, 0.29) is 16.8 Å². The van der Waals surface area contributed by atoms with Crippen LogP contribution in [0, 0.1) is 18.3 Å². The van der Waals surface area contributed by atoms with Crippen LogP contribution in [0.4, 0.5) is 5.69 Å². The number of hydrogen-bond donors (Lipinski definition) is 0. The number of anilines is 1. The van der Waals surface area contributed by atoms with Crippen LogP contribution in [0.15, 0.2) is 47.4 Å². The van der Waals surface area contributed by atoms with Gasteiger partial charge in [0.1, 0.15) is 0 Å². The largest absolute Gasteiger partial charge is 0.370 e. The fourth-order valence-electron chi connectivity index (χ4n) is 4.85. The Morgan fingerprint density at radius 2 is 1.74 bits per heavy atom. The Labute approximate surface area is 202 Å². The highest BCUT2D eigenvalue weighted by Gasteiger charge is 2.32. The van der Waals surface area contributed by atoms with E-state index in [9.17, 15) is 13.2 Å². The Morgan fingerprint density at radius 3 is 2.44 bits per heavy atom. The van der Waals surface area contributed by atoms with Crippen LogP contribution < -0.4 is 4.90 Å². The molecule has 180 valence electrons. The minimum Gasteiger partial charge on any atom is -0.370 e. The number of aryl methyl sites for hydroxylation is 1. The lowest BCUT2D eigenvalue weighted by atomic mass is 10.1. The third kappa shape index (κ3) is 4.96. The number of sulfonamides is 1. The van der Waals surface area contributed by atoms with Gasteiger partial charge >= 0.3 is 0 Å². The quantitative estimate of drug-likeness (QED) is 0.665. The highest BCUT2D eigenvalue weighted by atomic mass is 32.2. The molecule has 7 nitrogen and oxygen atoms in total. The predicted molar refractivity (Wildman–Crippen MR) is 132 cm³/mol. The Kier molecular flexibility index (Phi) is 7.24. The summed E-state index contributed by atoms with van der Waals surface area (Å²) >= 11 is 0. The lowest BCUT2D eigenvalue weighted by molar-refractivity contribution is 0.0766. The van der Waals surface area contributed by atoms with Crippen molar-refractivity contribution in [2.45, 2.75) is 50.5 Å². The number of rotatable bonds is 4. The first-order valence-corrected chi connectivity index (χ1v) is 13.4. The fraction of sp³-hybridized carbons (Fsp3) is 0.462. The number of carbonyl (C=O) groups excluding carboxylic acids is 1. The molecule has 2 aliphatic rings. The molecule has 0 aliphatic carbocycles. The second-order valence-electron chi connectivity index (χ2n) is 9.23. The zero-order chi connectivity index (χ0) is 24.3. The number of benzene rings is 2. The van der Waals surface area contributed by atoms with Gasteiger partial charge in [0.05, 0.1) is 16.5 Å². The zero-order valence-corrected chi connectivity index (χ0v) is 20.7.